The van der Waals surface area contributed by atoms with Gasteiger partial charge in [-0.05, 0) is 0 Å². The Morgan fingerprint density at radius 1 is 1.14 bits per heavy atom. The van der Waals surface area contributed by atoms with E-state index >= 15 is 0 Å². The maximum atomic E-state index is 11.0. The van der Waals surface area contributed by atoms with Crippen molar-refractivity contribution in [1.29, 1.82) is 0 Å². The normalized spacial score (nSPS) is 35.8. The Kier molecular flexibility index (Phi) is 4.46. The van der Waals surface area contributed by atoms with Crippen LogP contribution in [0.1, 0.15) is 11.9 Å². The van der Waals surface area contributed by atoms with Gasteiger partial charge in [0.2, 0.25) is 0 Å². The number of aliphatic hydroxyl groups excluding tert-OH is 1. The molecule has 22 heavy (non-hydrogen) atoms. The van der Waals surface area contributed by atoms with E-state index in [4.69, 9.17) is 18.8 Å². The van der Waals surface area contributed by atoms with Gasteiger partial charge in [0.25, 0.3) is 0 Å². The zero-order valence-corrected chi connectivity index (χ0v) is 12.3. The van der Waals surface area contributed by atoms with E-state index < -0.39 is 41.1 Å². The minimum absolute atomic E-state index is 0.135. The Morgan fingerprint density at radius 2 is 1.86 bits per heavy atom. The second-order valence-corrected chi connectivity index (χ2v) is 6.15. The fraction of sp³-hybridized carbons (Fsp3) is 0.538. The van der Waals surface area contributed by atoms with E-state index in [0.29, 0.717) is 0 Å². The first kappa shape index (κ1) is 15.8. The lowest BCUT2D eigenvalue weighted by Gasteiger charge is -2.44. The standard InChI is InChI=1S/C13H16O8S/c14-9-6-18-10-7-19-13(8-4-2-1-3-5-8)20-12(10)11(9)21-22(15,16)17/h1-5,9-14H,6-7H2,(H,15,16,17)/t9-,10+,11+,12-,13?/m0/s1. The average molecular weight is 332 g/mol. The molecule has 122 valence electrons. The highest BCUT2D eigenvalue weighted by atomic mass is 32.3. The number of ether oxygens (including phenoxy) is 3. The fourth-order valence-electron chi connectivity index (χ4n) is 2.56. The topological polar surface area (TPSA) is 112 Å². The van der Waals surface area contributed by atoms with Crippen LogP contribution in [0.2, 0.25) is 0 Å². The van der Waals surface area contributed by atoms with Gasteiger partial charge in [-0.3, -0.25) is 4.55 Å². The zero-order valence-electron chi connectivity index (χ0n) is 11.4. The minimum atomic E-state index is -4.73. The molecule has 3 rings (SSSR count). The third-order valence-electron chi connectivity index (χ3n) is 3.55. The summed E-state index contributed by atoms with van der Waals surface area (Å²) in [6, 6.07) is 9.05. The van der Waals surface area contributed by atoms with Crippen LogP contribution in [-0.4, -0.2) is 55.7 Å². The Hall–Kier alpha value is -1.07. The Labute approximate surface area is 127 Å². The summed E-state index contributed by atoms with van der Waals surface area (Å²) in [4.78, 5) is 0. The number of fused-ring (bicyclic) bond motifs is 1. The molecule has 0 bridgehead atoms. The van der Waals surface area contributed by atoms with E-state index in [2.05, 4.69) is 4.18 Å². The third kappa shape index (κ3) is 3.46. The average Bonchev–Trinajstić information content (AvgIpc) is 2.49. The van der Waals surface area contributed by atoms with Crippen LogP contribution in [0, 0.1) is 0 Å². The van der Waals surface area contributed by atoms with Gasteiger partial charge in [0, 0.05) is 5.56 Å². The largest absolute Gasteiger partial charge is 0.397 e. The van der Waals surface area contributed by atoms with Crippen LogP contribution in [-0.2, 0) is 28.8 Å². The maximum absolute atomic E-state index is 11.0. The van der Waals surface area contributed by atoms with Gasteiger partial charge in [0.05, 0.1) is 13.2 Å². The van der Waals surface area contributed by atoms with Crippen molar-refractivity contribution in [3.8, 4) is 0 Å². The Morgan fingerprint density at radius 3 is 2.55 bits per heavy atom. The highest BCUT2D eigenvalue weighted by Crippen LogP contribution is 2.33. The van der Waals surface area contributed by atoms with E-state index in [1.807, 2.05) is 18.2 Å². The van der Waals surface area contributed by atoms with Crippen LogP contribution >= 0.6 is 0 Å². The van der Waals surface area contributed by atoms with Gasteiger partial charge in [0.1, 0.15) is 24.4 Å². The molecule has 1 unspecified atom stereocenters. The minimum Gasteiger partial charge on any atom is -0.388 e. The van der Waals surface area contributed by atoms with Gasteiger partial charge in [-0.1, -0.05) is 30.3 Å². The maximum Gasteiger partial charge on any atom is 0.397 e. The highest BCUT2D eigenvalue weighted by Gasteiger charge is 2.47. The number of rotatable bonds is 3. The van der Waals surface area contributed by atoms with Gasteiger partial charge in [-0.15, -0.1) is 0 Å². The van der Waals surface area contributed by atoms with Crippen LogP contribution in [0.15, 0.2) is 30.3 Å². The molecule has 0 saturated carbocycles. The van der Waals surface area contributed by atoms with Gasteiger partial charge in [-0.2, -0.15) is 8.42 Å². The monoisotopic (exact) mass is 332 g/mol. The van der Waals surface area contributed by atoms with Crippen molar-refractivity contribution in [3.63, 3.8) is 0 Å². The summed E-state index contributed by atoms with van der Waals surface area (Å²) in [6.07, 6.45) is -4.70. The van der Waals surface area contributed by atoms with Crippen molar-refractivity contribution >= 4 is 10.4 Å². The first-order valence-corrected chi connectivity index (χ1v) is 8.08. The summed E-state index contributed by atoms with van der Waals surface area (Å²) in [5.41, 5.74) is 0.742. The molecule has 0 spiro atoms. The highest BCUT2D eigenvalue weighted by molar-refractivity contribution is 7.80. The molecule has 1 aromatic carbocycles. The van der Waals surface area contributed by atoms with Crippen molar-refractivity contribution in [2.45, 2.75) is 30.7 Å². The summed E-state index contributed by atoms with van der Waals surface area (Å²) in [6.45, 7) is 0.0202. The van der Waals surface area contributed by atoms with Crippen molar-refractivity contribution in [3.05, 3.63) is 35.9 Å². The molecular weight excluding hydrogens is 316 g/mol. The quantitative estimate of drug-likeness (QED) is 0.747. The van der Waals surface area contributed by atoms with E-state index in [1.165, 1.54) is 0 Å². The van der Waals surface area contributed by atoms with Crippen LogP contribution in [0.3, 0.4) is 0 Å². The van der Waals surface area contributed by atoms with Gasteiger partial charge < -0.3 is 19.3 Å². The number of benzene rings is 1. The molecule has 0 aromatic heterocycles. The first-order chi connectivity index (χ1) is 10.4. The lowest BCUT2D eigenvalue weighted by molar-refractivity contribution is -0.310. The second kappa shape index (κ2) is 6.20. The summed E-state index contributed by atoms with van der Waals surface area (Å²) in [5.74, 6) is 0. The van der Waals surface area contributed by atoms with Crippen LogP contribution < -0.4 is 0 Å². The fourth-order valence-corrected chi connectivity index (χ4v) is 3.08. The van der Waals surface area contributed by atoms with Crippen molar-refractivity contribution in [2.24, 2.45) is 0 Å². The lowest BCUT2D eigenvalue weighted by Crippen LogP contribution is -2.59. The number of aliphatic hydroxyl groups is 1. The molecule has 0 radical (unpaired) electrons. The van der Waals surface area contributed by atoms with Gasteiger partial charge >= 0.3 is 10.4 Å². The van der Waals surface area contributed by atoms with E-state index in [0.717, 1.165) is 5.56 Å². The molecule has 2 aliphatic rings. The third-order valence-corrected chi connectivity index (χ3v) is 4.01. The molecule has 1 aromatic rings. The van der Waals surface area contributed by atoms with Crippen LogP contribution in [0.4, 0.5) is 0 Å². The molecule has 2 aliphatic heterocycles. The smallest absolute Gasteiger partial charge is 0.388 e. The summed E-state index contributed by atoms with van der Waals surface area (Å²) < 4.78 is 52.0. The number of hydrogen-bond acceptors (Lipinski definition) is 7. The molecule has 2 heterocycles. The van der Waals surface area contributed by atoms with Crippen molar-refractivity contribution < 1.29 is 36.5 Å². The van der Waals surface area contributed by atoms with Gasteiger partial charge in [0.15, 0.2) is 6.29 Å². The molecule has 8 nitrogen and oxygen atoms in total. The van der Waals surface area contributed by atoms with Crippen LogP contribution in [0.5, 0.6) is 0 Å². The molecule has 0 aliphatic carbocycles. The molecule has 2 N–H and O–H groups in total. The van der Waals surface area contributed by atoms with Crippen molar-refractivity contribution in [1.82, 2.24) is 0 Å². The second-order valence-electron chi connectivity index (χ2n) is 5.10. The van der Waals surface area contributed by atoms with Crippen molar-refractivity contribution in [2.75, 3.05) is 13.2 Å². The van der Waals surface area contributed by atoms with Gasteiger partial charge in [-0.25, -0.2) is 4.18 Å². The molecule has 5 atom stereocenters. The lowest BCUT2D eigenvalue weighted by atomic mass is 9.99. The van der Waals surface area contributed by atoms with E-state index in [1.54, 1.807) is 12.1 Å². The predicted octanol–water partition coefficient (Wildman–Crippen LogP) is 0.0483. The molecular formula is C13H16O8S. The Bertz CT molecular complexity index is 604. The SMILES string of the molecule is O=S(=O)(O)O[C@H]1[C@H]2OC(c3ccccc3)OC[C@H]2OC[C@@H]1O. The molecule has 9 heteroatoms. The number of hydrogen-bond donors (Lipinski definition) is 2. The molecule has 2 saturated heterocycles. The Balaban J connectivity index is 1.80. The predicted molar refractivity (Wildman–Crippen MR) is 72.2 cm³/mol. The first-order valence-electron chi connectivity index (χ1n) is 6.71. The van der Waals surface area contributed by atoms with E-state index in [-0.39, 0.29) is 13.2 Å². The summed E-state index contributed by atoms with van der Waals surface area (Å²) in [5, 5.41) is 9.88. The van der Waals surface area contributed by atoms with Crippen LogP contribution in [0.25, 0.3) is 0 Å². The molecule has 2 fully saturated rings. The zero-order chi connectivity index (χ0) is 15.7. The summed E-state index contributed by atoms with van der Waals surface area (Å²) >= 11 is 0. The van der Waals surface area contributed by atoms with E-state index in [9.17, 15) is 13.5 Å². The summed E-state index contributed by atoms with van der Waals surface area (Å²) in [7, 11) is -4.73. The molecule has 0 amide bonds.